The van der Waals surface area contributed by atoms with Crippen LogP contribution in [0, 0.1) is 11.8 Å². The predicted molar refractivity (Wildman–Crippen MR) is 74.1 cm³/mol. The highest BCUT2D eigenvalue weighted by Gasteiger charge is 2.41. The van der Waals surface area contributed by atoms with Gasteiger partial charge in [-0.05, 0) is 23.4 Å². The van der Waals surface area contributed by atoms with Gasteiger partial charge in [-0.3, -0.25) is 14.3 Å². The number of halogens is 1. The van der Waals surface area contributed by atoms with Gasteiger partial charge in [-0.1, -0.05) is 15.9 Å². The molecule has 0 aromatic carbocycles. The zero-order chi connectivity index (χ0) is 14.0. The SMILES string of the molecule is O=c1[nH]c(=O)n([C@H]2C[C@@H](CO)[C@@H]2CO)cc1/C=C/Br. The lowest BCUT2D eigenvalue weighted by Crippen LogP contribution is -2.47. The van der Waals surface area contributed by atoms with E-state index in [-0.39, 0.29) is 31.1 Å². The van der Waals surface area contributed by atoms with Gasteiger partial charge in [0.1, 0.15) is 0 Å². The summed E-state index contributed by atoms with van der Waals surface area (Å²) in [5.41, 5.74) is -0.576. The van der Waals surface area contributed by atoms with Crippen LogP contribution in [0.15, 0.2) is 20.8 Å². The second kappa shape index (κ2) is 5.85. The van der Waals surface area contributed by atoms with E-state index in [9.17, 15) is 14.7 Å². The van der Waals surface area contributed by atoms with Crippen molar-refractivity contribution in [2.45, 2.75) is 12.5 Å². The molecule has 7 heteroatoms. The van der Waals surface area contributed by atoms with Crippen LogP contribution >= 0.6 is 15.9 Å². The number of aliphatic hydroxyl groups is 2. The number of aliphatic hydroxyl groups excluding tert-OH is 2. The molecule has 1 aromatic heterocycles. The molecule has 104 valence electrons. The van der Waals surface area contributed by atoms with Gasteiger partial charge < -0.3 is 10.2 Å². The lowest BCUT2D eigenvalue weighted by atomic mass is 9.70. The van der Waals surface area contributed by atoms with E-state index in [0.717, 1.165) is 0 Å². The quantitative estimate of drug-likeness (QED) is 0.727. The molecule has 0 bridgehead atoms. The molecular weight excluding hydrogens is 316 g/mol. The summed E-state index contributed by atoms with van der Waals surface area (Å²) in [7, 11) is 0. The van der Waals surface area contributed by atoms with Crippen molar-refractivity contribution in [3.05, 3.63) is 37.6 Å². The van der Waals surface area contributed by atoms with Crippen LogP contribution < -0.4 is 11.2 Å². The van der Waals surface area contributed by atoms with Crippen molar-refractivity contribution in [3.8, 4) is 0 Å². The molecule has 0 amide bonds. The smallest absolute Gasteiger partial charge is 0.328 e. The Morgan fingerprint density at radius 2 is 2.16 bits per heavy atom. The second-order valence-electron chi connectivity index (χ2n) is 4.64. The molecule has 0 spiro atoms. The summed E-state index contributed by atoms with van der Waals surface area (Å²) < 4.78 is 1.43. The van der Waals surface area contributed by atoms with E-state index in [0.29, 0.717) is 12.0 Å². The van der Waals surface area contributed by atoms with Crippen molar-refractivity contribution >= 4 is 22.0 Å². The van der Waals surface area contributed by atoms with Crippen LogP contribution in [0.2, 0.25) is 0 Å². The van der Waals surface area contributed by atoms with Crippen LogP contribution in [0.5, 0.6) is 0 Å². The van der Waals surface area contributed by atoms with Crippen LogP contribution in [0.25, 0.3) is 6.08 Å². The van der Waals surface area contributed by atoms with Gasteiger partial charge in [-0.15, -0.1) is 0 Å². The van der Waals surface area contributed by atoms with Crippen molar-refractivity contribution in [1.29, 1.82) is 0 Å². The van der Waals surface area contributed by atoms with E-state index in [1.165, 1.54) is 15.7 Å². The molecule has 1 aliphatic rings. The molecule has 1 aromatic rings. The van der Waals surface area contributed by atoms with Crippen molar-refractivity contribution in [1.82, 2.24) is 9.55 Å². The molecule has 1 heterocycles. The Balaban J connectivity index is 2.38. The number of rotatable bonds is 4. The number of nitrogens with zero attached hydrogens (tertiary/aromatic N) is 1. The molecule has 0 unspecified atom stereocenters. The van der Waals surface area contributed by atoms with Crippen molar-refractivity contribution in [3.63, 3.8) is 0 Å². The monoisotopic (exact) mass is 330 g/mol. The van der Waals surface area contributed by atoms with Gasteiger partial charge in [0.05, 0.1) is 5.56 Å². The normalized spacial score (nSPS) is 26.6. The average molecular weight is 331 g/mol. The summed E-state index contributed by atoms with van der Waals surface area (Å²) in [5.74, 6) is -0.154. The van der Waals surface area contributed by atoms with Crippen LogP contribution in [-0.2, 0) is 0 Å². The van der Waals surface area contributed by atoms with Crippen molar-refractivity contribution in [2.24, 2.45) is 11.8 Å². The Morgan fingerprint density at radius 1 is 1.42 bits per heavy atom. The van der Waals surface area contributed by atoms with Crippen molar-refractivity contribution in [2.75, 3.05) is 13.2 Å². The Hall–Kier alpha value is -1.18. The van der Waals surface area contributed by atoms with Gasteiger partial charge in [-0.2, -0.15) is 0 Å². The lowest BCUT2D eigenvalue weighted by molar-refractivity contribution is -0.00876. The lowest BCUT2D eigenvalue weighted by Gasteiger charge is -2.43. The first-order valence-electron chi connectivity index (χ1n) is 5.96. The Kier molecular flexibility index (Phi) is 4.38. The highest BCUT2D eigenvalue weighted by atomic mass is 79.9. The van der Waals surface area contributed by atoms with Gasteiger partial charge in [0.2, 0.25) is 0 Å². The summed E-state index contributed by atoms with van der Waals surface area (Å²) in [6.45, 7) is -0.0981. The molecule has 1 saturated carbocycles. The van der Waals surface area contributed by atoms with E-state index >= 15 is 0 Å². The third-order valence-corrected chi connectivity index (χ3v) is 3.95. The van der Waals surface area contributed by atoms with Gasteiger partial charge in [0, 0.05) is 31.4 Å². The largest absolute Gasteiger partial charge is 0.396 e. The first-order valence-corrected chi connectivity index (χ1v) is 6.87. The van der Waals surface area contributed by atoms with Crippen LogP contribution in [0.3, 0.4) is 0 Å². The molecule has 1 aliphatic carbocycles. The number of aromatic amines is 1. The molecule has 6 nitrogen and oxygen atoms in total. The Morgan fingerprint density at radius 3 is 2.74 bits per heavy atom. The molecule has 0 radical (unpaired) electrons. The first-order chi connectivity index (χ1) is 9.12. The average Bonchev–Trinajstić information content (AvgIpc) is 2.34. The second-order valence-corrected chi connectivity index (χ2v) is 5.16. The topological polar surface area (TPSA) is 95.3 Å². The van der Waals surface area contributed by atoms with Gasteiger partial charge in [-0.25, -0.2) is 4.79 Å². The molecule has 19 heavy (non-hydrogen) atoms. The minimum Gasteiger partial charge on any atom is -0.396 e. The van der Waals surface area contributed by atoms with E-state index in [1.54, 1.807) is 6.08 Å². The Bertz CT molecular complexity index is 592. The summed E-state index contributed by atoms with van der Waals surface area (Å²) in [6.07, 6.45) is 3.65. The highest BCUT2D eigenvalue weighted by molar-refractivity contribution is 9.11. The molecule has 3 atom stereocenters. The van der Waals surface area contributed by atoms with Gasteiger partial charge >= 0.3 is 5.69 Å². The third-order valence-electron chi connectivity index (χ3n) is 3.68. The fourth-order valence-electron chi connectivity index (χ4n) is 2.51. The minimum absolute atomic E-state index is 0.00370. The van der Waals surface area contributed by atoms with Crippen molar-refractivity contribution < 1.29 is 10.2 Å². The maximum Gasteiger partial charge on any atom is 0.328 e. The van der Waals surface area contributed by atoms with Crippen LogP contribution in [0.1, 0.15) is 18.0 Å². The van der Waals surface area contributed by atoms with Crippen LogP contribution in [-0.4, -0.2) is 33.0 Å². The number of hydrogen-bond donors (Lipinski definition) is 3. The fourth-order valence-corrected chi connectivity index (χ4v) is 2.80. The number of H-pyrrole nitrogens is 1. The summed E-state index contributed by atoms with van der Waals surface area (Å²) in [4.78, 5) is 27.2. The number of aromatic nitrogens is 2. The molecular formula is C12H15BrN2O4. The predicted octanol–water partition coefficient (Wildman–Crippen LogP) is 0.0640. The summed E-state index contributed by atoms with van der Waals surface area (Å²) >= 11 is 3.08. The zero-order valence-electron chi connectivity index (χ0n) is 10.1. The van der Waals surface area contributed by atoms with E-state index in [1.807, 2.05) is 0 Å². The van der Waals surface area contributed by atoms with Gasteiger partial charge in [0.25, 0.3) is 5.56 Å². The standard InChI is InChI=1S/C12H15BrN2O4/c13-2-1-7-4-15(12(19)14-11(7)18)10-3-8(5-16)9(10)6-17/h1-2,4,8-10,16-17H,3,5-6H2,(H,14,18,19)/b2-1+/t8-,9-,10-/m0/s1. The molecule has 1 fully saturated rings. The maximum absolute atomic E-state index is 11.8. The van der Waals surface area contributed by atoms with Crippen LogP contribution in [0.4, 0.5) is 0 Å². The third kappa shape index (κ3) is 2.58. The van der Waals surface area contributed by atoms with Gasteiger partial charge in [0.15, 0.2) is 0 Å². The Labute approximate surface area is 117 Å². The molecule has 3 N–H and O–H groups in total. The maximum atomic E-state index is 11.8. The molecule has 0 aliphatic heterocycles. The van der Waals surface area contributed by atoms with E-state index < -0.39 is 11.2 Å². The van der Waals surface area contributed by atoms with E-state index in [2.05, 4.69) is 20.9 Å². The summed E-state index contributed by atoms with van der Waals surface area (Å²) in [5, 5.41) is 18.4. The highest BCUT2D eigenvalue weighted by Crippen LogP contribution is 2.42. The molecule has 2 rings (SSSR count). The molecule has 0 saturated heterocycles. The summed E-state index contributed by atoms with van der Waals surface area (Å²) in [6, 6.07) is -0.186. The van der Waals surface area contributed by atoms with E-state index in [4.69, 9.17) is 5.11 Å². The first kappa shape index (κ1) is 14.2. The fraction of sp³-hybridized carbons (Fsp3) is 0.500. The zero-order valence-corrected chi connectivity index (χ0v) is 11.7. The number of hydrogen-bond acceptors (Lipinski definition) is 4. The number of nitrogens with one attached hydrogen (secondary N) is 1. The minimum atomic E-state index is -0.489.